The summed E-state index contributed by atoms with van der Waals surface area (Å²) in [6.45, 7) is 13.4. The zero-order chi connectivity index (χ0) is 17.1. The fraction of sp³-hybridized carbons (Fsp3) is 0.222. The van der Waals surface area contributed by atoms with E-state index in [9.17, 15) is 0 Å². The molecule has 0 bridgehead atoms. The van der Waals surface area contributed by atoms with E-state index in [1.165, 1.54) is 0 Å². The monoisotopic (exact) mass is 300 g/mol. The van der Waals surface area contributed by atoms with Crippen molar-refractivity contribution < 1.29 is 10.3 Å². The summed E-state index contributed by atoms with van der Waals surface area (Å²) in [4.78, 5) is 4.49. The van der Waals surface area contributed by atoms with E-state index in [0.29, 0.717) is 5.71 Å². The summed E-state index contributed by atoms with van der Waals surface area (Å²) in [5, 5.41) is 18.8. The molecule has 4 nitrogen and oxygen atoms in total. The molecule has 0 aliphatic heterocycles. The minimum absolute atomic E-state index is 0.586. The molecule has 0 amide bonds. The number of hydrogen-bond acceptors (Lipinski definition) is 4. The molecule has 1 heterocycles. The fourth-order valence-electron chi connectivity index (χ4n) is 1.44. The number of nitrogens with zero attached hydrogens (tertiary/aromatic N) is 2. The van der Waals surface area contributed by atoms with E-state index in [2.05, 4.69) is 23.3 Å². The minimum Gasteiger partial charge on any atom is -0.411 e. The average Bonchev–Trinajstić information content (AvgIpc) is 2.55. The van der Waals surface area contributed by atoms with Crippen LogP contribution in [0.1, 0.15) is 32.2 Å². The zero-order valence-electron chi connectivity index (χ0n) is 13.7. The van der Waals surface area contributed by atoms with Gasteiger partial charge in [0.25, 0.3) is 0 Å². The van der Waals surface area contributed by atoms with Crippen LogP contribution in [0, 0.1) is 0 Å². The molecular weight excluding hydrogens is 276 g/mol. The number of hydrogen-bond donors (Lipinski definition) is 2. The molecule has 1 aromatic rings. The largest absolute Gasteiger partial charge is 0.411 e. The van der Waals surface area contributed by atoms with Crippen molar-refractivity contribution in [2.45, 2.75) is 20.8 Å². The minimum atomic E-state index is 0.586. The number of allylic oxidation sites excluding steroid dienone is 6. The van der Waals surface area contributed by atoms with Crippen molar-refractivity contribution in [3.63, 3.8) is 0 Å². The van der Waals surface area contributed by atoms with Crippen molar-refractivity contribution in [3.8, 4) is 0 Å². The second-order valence-electron chi connectivity index (χ2n) is 4.61. The Morgan fingerprint density at radius 3 is 2.27 bits per heavy atom. The molecule has 0 aliphatic rings. The molecule has 0 spiro atoms. The number of oxime groups is 1. The second kappa shape index (κ2) is 10.3. The van der Waals surface area contributed by atoms with Crippen LogP contribution in [0.15, 0.2) is 60.3 Å². The highest BCUT2D eigenvalue weighted by Crippen LogP contribution is 2.15. The van der Waals surface area contributed by atoms with Crippen molar-refractivity contribution in [3.05, 3.63) is 66.5 Å². The molecule has 2 N–H and O–H groups in total. The molecule has 0 aromatic carbocycles. The third kappa shape index (κ3) is 6.33. The maximum Gasteiger partial charge on any atom is 0.0793 e. The van der Waals surface area contributed by atoms with Crippen molar-refractivity contribution in [1.29, 1.82) is 0 Å². The molecule has 22 heavy (non-hydrogen) atoms. The Morgan fingerprint density at radius 1 is 1.14 bits per heavy atom. The van der Waals surface area contributed by atoms with Gasteiger partial charge >= 0.3 is 0 Å². The Bertz CT molecular complexity index is 611. The Labute approximate surface area is 132 Å². The second-order valence-corrected chi connectivity index (χ2v) is 4.61. The van der Waals surface area contributed by atoms with Crippen molar-refractivity contribution in [2.75, 3.05) is 7.11 Å². The number of aliphatic hydroxyl groups excluding tert-OH is 1. The summed E-state index contributed by atoms with van der Waals surface area (Å²) >= 11 is 0. The first-order valence-corrected chi connectivity index (χ1v) is 6.76. The Balaban J connectivity index is 0.00000211. The molecule has 0 saturated carbocycles. The van der Waals surface area contributed by atoms with Gasteiger partial charge in [-0.3, -0.25) is 0 Å². The lowest BCUT2D eigenvalue weighted by molar-refractivity contribution is 0.319. The van der Waals surface area contributed by atoms with E-state index < -0.39 is 0 Å². The van der Waals surface area contributed by atoms with E-state index >= 15 is 0 Å². The molecule has 0 radical (unpaired) electrons. The predicted molar refractivity (Wildman–Crippen MR) is 93.9 cm³/mol. The third-order valence-corrected chi connectivity index (χ3v) is 2.88. The lowest BCUT2D eigenvalue weighted by atomic mass is 10.1. The summed E-state index contributed by atoms with van der Waals surface area (Å²) < 4.78 is 0. The van der Waals surface area contributed by atoms with E-state index in [-0.39, 0.29) is 0 Å². The molecule has 0 fully saturated rings. The smallest absolute Gasteiger partial charge is 0.0793 e. The zero-order valence-corrected chi connectivity index (χ0v) is 13.7. The first-order chi connectivity index (χ1) is 10.5. The van der Waals surface area contributed by atoms with Gasteiger partial charge in [-0.2, -0.15) is 0 Å². The highest BCUT2D eigenvalue weighted by molar-refractivity contribution is 5.97. The Kier molecular flexibility index (Phi) is 9.14. The molecule has 1 rings (SSSR count). The number of aliphatic hydroxyl groups is 1. The quantitative estimate of drug-likeness (QED) is 0.372. The SMILES string of the molecule is C=C(C)c1cccc(C(=C)\C=C/C=C(C)/C(C)=N\O)n1.CO. The van der Waals surface area contributed by atoms with Gasteiger partial charge in [0.15, 0.2) is 0 Å². The van der Waals surface area contributed by atoms with Crippen LogP contribution >= 0.6 is 0 Å². The average molecular weight is 300 g/mol. The van der Waals surface area contributed by atoms with Crippen molar-refractivity contribution in [2.24, 2.45) is 5.16 Å². The third-order valence-electron chi connectivity index (χ3n) is 2.88. The summed E-state index contributed by atoms with van der Waals surface area (Å²) in [6, 6.07) is 5.78. The van der Waals surface area contributed by atoms with Crippen molar-refractivity contribution in [1.82, 2.24) is 4.98 Å². The predicted octanol–water partition coefficient (Wildman–Crippen LogP) is 4.09. The molecule has 118 valence electrons. The van der Waals surface area contributed by atoms with E-state index in [4.69, 9.17) is 10.3 Å². The maximum atomic E-state index is 8.66. The van der Waals surface area contributed by atoms with Gasteiger partial charge in [-0.15, -0.1) is 0 Å². The lowest BCUT2D eigenvalue weighted by Gasteiger charge is -2.03. The molecular formula is C18H24N2O2. The van der Waals surface area contributed by atoms with Crippen LogP contribution in [0.5, 0.6) is 0 Å². The van der Waals surface area contributed by atoms with Gasteiger partial charge in [0, 0.05) is 7.11 Å². The number of pyridine rings is 1. The van der Waals surface area contributed by atoms with E-state index in [0.717, 1.165) is 35.2 Å². The summed E-state index contributed by atoms with van der Waals surface area (Å²) in [5.41, 5.74) is 4.90. The highest BCUT2D eigenvalue weighted by atomic mass is 16.4. The van der Waals surface area contributed by atoms with Gasteiger partial charge in [-0.1, -0.05) is 42.6 Å². The van der Waals surface area contributed by atoms with Crippen LogP contribution in [0.2, 0.25) is 0 Å². The number of aromatic nitrogens is 1. The molecule has 0 aliphatic carbocycles. The highest BCUT2D eigenvalue weighted by Gasteiger charge is 2.00. The molecule has 0 atom stereocenters. The van der Waals surface area contributed by atoms with Gasteiger partial charge in [-0.25, -0.2) is 4.98 Å². The molecule has 0 unspecified atom stereocenters. The topological polar surface area (TPSA) is 65.7 Å². The summed E-state index contributed by atoms with van der Waals surface area (Å²) in [5.74, 6) is 0. The van der Waals surface area contributed by atoms with Crippen LogP contribution < -0.4 is 0 Å². The first kappa shape index (κ1) is 19.5. The first-order valence-electron chi connectivity index (χ1n) is 6.76. The fourth-order valence-corrected chi connectivity index (χ4v) is 1.44. The van der Waals surface area contributed by atoms with Crippen LogP contribution in [-0.4, -0.2) is 28.1 Å². The van der Waals surface area contributed by atoms with Gasteiger partial charge in [-0.05, 0) is 49.6 Å². The van der Waals surface area contributed by atoms with Gasteiger partial charge in [0.2, 0.25) is 0 Å². The normalized spacial score (nSPS) is 11.9. The van der Waals surface area contributed by atoms with Crippen LogP contribution in [0.3, 0.4) is 0 Å². The van der Waals surface area contributed by atoms with Gasteiger partial charge in [0.05, 0.1) is 17.1 Å². The van der Waals surface area contributed by atoms with E-state index in [1.54, 1.807) is 6.92 Å². The molecule has 4 heteroatoms. The van der Waals surface area contributed by atoms with Gasteiger partial charge < -0.3 is 10.3 Å². The van der Waals surface area contributed by atoms with E-state index in [1.807, 2.05) is 50.3 Å². The standard InChI is InChI=1S/C17H20N2O.CH4O/c1-12(2)16-10-7-11-17(18-16)14(4)9-6-8-13(3)15(5)19-20;1-2/h6-11,20H,1,4H2,2-3,5H3;2H,1H3/b9-6-,13-8+,19-15-;. The maximum absolute atomic E-state index is 8.66. The van der Waals surface area contributed by atoms with Crippen LogP contribution in [-0.2, 0) is 0 Å². The summed E-state index contributed by atoms with van der Waals surface area (Å²) in [6.07, 6.45) is 5.60. The lowest BCUT2D eigenvalue weighted by Crippen LogP contribution is -1.92. The number of rotatable bonds is 5. The van der Waals surface area contributed by atoms with Crippen LogP contribution in [0.25, 0.3) is 11.1 Å². The van der Waals surface area contributed by atoms with Crippen LogP contribution in [0.4, 0.5) is 0 Å². The summed E-state index contributed by atoms with van der Waals surface area (Å²) in [7, 11) is 1.00. The molecule has 1 aromatic heterocycles. The Morgan fingerprint density at radius 2 is 1.73 bits per heavy atom. The molecule has 0 saturated heterocycles. The Hall–Kier alpha value is -2.46. The van der Waals surface area contributed by atoms with Crippen molar-refractivity contribution >= 4 is 16.9 Å². The van der Waals surface area contributed by atoms with Gasteiger partial charge in [0.1, 0.15) is 0 Å².